The Morgan fingerprint density at radius 1 is 1.40 bits per heavy atom. The molecule has 0 fully saturated rings. The zero-order valence-electron chi connectivity index (χ0n) is 7.81. The van der Waals surface area contributed by atoms with Crippen molar-refractivity contribution in [1.29, 1.82) is 0 Å². The minimum atomic E-state index is -0.518. The summed E-state index contributed by atoms with van der Waals surface area (Å²) in [5.41, 5.74) is 10.1. The smallest absolute Gasteiger partial charge is 0.333 e. The van der Waals surface area contributed by atoms with Crippen LogP contribution in [0, 0.1) is 0 Å². The summed E-state index contributed by atoms with van der Waals surface area (Å²) in [7, 11) is 0. The number of nitrogens with zero attached hydrogens (tertiary/aromatic N) is 1. The molecule has 0 aromatic heterocycles. The number of carbonyl (C=O) groups excluding carboxylic acids is 1. The predicted molar refractivity (Wildman–Crippen MR) is 60.5 cm³/mol. The van der Waals surface area contributed by atoms with E-state index in [1.165, 1.54) is 0 Å². The van der Waals surface area contributed by atoms with Crippen molar-refractivity contribution < 1.29 is 9.53 Å². The lowest BCUT2D eigenvalue weighted by Gasteiger charge is -2.03. The van der Waals surface area contributed by atoms with Gasteiger partial charge in [-0.15, -0.1) is 0 Å². The van der Waals surface area contributed by atoms with E-state index in [4.69, 9.17) is 16.2 Å². The molecule has 0 saturated heterocycles. The van der Waals surface area contributed by atoms with Gasteiger partial charge >= 0.3 is 5.97 Å². The molecule has 0 unspecified atom stereocenters. The van der Waals surface area contributed by atoms with E-state index in [0.717, 1.165) is 0 Å². The van der Waals surface area contributed by atoms with E-state index in [-0.39, 0.29) is 12.5 Å². The molecule has 0 saturated carbocycles. The highest BCUT2D eigenvalue weighted by molar-refractivity contribution is 9.10. The van der Waals surface area contributed by atoms with Crippen LogP contribution in [0.25, 0.3) is 0 Å². The molecule has 4 N–H and O–H groups in total. The van der Waals surface area contributed by atoms with Crippen molar-refractivity contribution in [2.75, 3.05) is 6.54 Å². The van der Waals surface area contributed by atoms with E-state index >= 15 is 0 Å². The van der Waals surface area contributed by atoms with Gasteiger partial charge in [0.1, 0.15) is 12.3 Å². The normalized spacial score (nSPS) is 9.40. The number of benzene rings is 1. The molecule has 1 aromatic carbocycles. The summed E-state index contributed by atoms with van der Waals surface area (Å²) in [4.78, 5) is 14.7. The number of halogens is 1. The van der Waals surface area contributed by atoms with Gasteiger partial charge in [-0.25, -0.2) is 9.79 Å². The molecule has 0 aliphatic heterocycles. The molecular formula is C9H10BrN3O2. The lowest BCUT2D eigenvalue weighted by atomic mass is 10.3. The SMILES string of the molecule is NC(N)=NCC(=O)Oc1ccccc1Br. The number of carbonyl (C=O) groups is 1. The van der Waals surface area contributed by atoms with Crippen LogP contribution in [0.1, 0.15) is 0 Å². The average molecular weight is 272 g/mol. The fourth-order valence-electron chi connectivity index (χ4n) is 0.838. The Morgan fingerprint density at radius 3 is 2.67 bits per heavy atom. The van der Waals surface area contributed by atoms with Crippen LogP contribution >= 0.6 is 15.9 Å². The van der Waals surface area contributed by atoms with E-state index < -0.39 is 5.97 Å². The van der Waals surface area contributed by atoms with Gasteiger partial charge in [0.05, 0.1) is 4.47 Å². The van der Waals surface area contributed by atoms with Gasteiger partial charge in [0.25, 0.3) is 0 Å². The number of esters is 1. The van der Waals surface area contributed by atoms with Crippen molar-refractivity contribution in [2.24, 2.45) is 16.5 Å². The van der Waals surface area contributed by atoms with Crippen molar-refractivity contribution in [1.82, 2.24) is 0 Å². The first-order chi connectivity index (χ1) is 7.09. The maximum absolute atomic E-state index is 11.2. The van der Waals surface area contributed by atoms with Crippen LogP contribution in [-0.4, -0.2) is 18.5 Å². The molecule has 5 nitrogen and oxygen atoms in total. The lowest BCUT2D eigenvalue weighted by molar-refractivity contribution is -0.132. The highest BCUT2D eigenvalue weighted by Gasteiger charge is 2.06. The van der Waals surface area contributed by atoms with Gasteiger partial charge in [0.15, 0.2) is 5.96 Å². The molecule has 0 atom stereocenters. The maximum Gasteiger partial charge on any atom is 0.333 e. The number of ether oxygens (including phenoxy) is 1. The monoisotopic (exact) mass is 271 g/mol. The molecule has 15 heavy (non-hydrogen) atoms. The molecule has 1 aromatic rings. The fourth-order valence-corrected chi connectivity index (χ4v) is 1.20. The van der Waals surface area contributed by atoms with E-state index in [1.807, 2.05) is 6.07 Å². The summed E-state index contributed by atoms with van der Waals surface area (Å²) in [6, 6.07) is 7.01. The second kappa shape index (κ2) is 5.35. The van der Waals surface area contributed by atoms with Crippen molar-refractivity contribution >= 4 is 27.9 Å². The minimum Gasteiger partial charge on any atom is -0.424 e. The van der Waals surface area contributed by atoms with Crippen molar-refractivity contribution in [3.63, 3.8) is 0 Å². The molecule has 6 heteroatoms. The number of rotatable bonds is 3. The summed E-state index contributed by atoms with van der Waals surface area (Å²) < 4.78 is 5.69. The Balaban J connectivity index is 2.59. The third kappa shape index (κ3) is 3.99. The molecular weight excluding hydrogens is 262 g/mol. The van der Waals surface area contributed by atoms with E-state index in [9.17, 15) is 4.79 Å². The number of aliphatic imine (C=N–C) groups is 1. The number of hydrogen-bond donors (Lipinski definition) is 2. The van der Waals surface area contributed by atoms with Crippen LogP contribution in [-0.2, 0) is 4.79 Å². The molecule has 80 valence electrons. The van der Waals surface area contributed by atoms with Gasteiger partial charge in [-0.05, 0) is 28.1 Å². The quantitative estimate of drug-likeness (QED) is 0.365. The minimum absolute atomic E-state index is 0.140. The van der Waals surface area contributed by atoms with Crippen LogP contribution < -0.4 is 16.2 Å². The summed E-state index contributed by atoms with van der Waals surface area (Å²) >= 11 is 3.24. The summed E-state index contributed by atoms with van der Waals surface area (Å²) in [6.07, 6.45) is 0. The Hall–Kier alpha value is -1.56. The number of guanidine groups is 1. The number of para-hydroxylation sites is 1. The molecule has 0 amide bonds. The van der Waals surface area contributed by atoms with Gasteiger partial charge < -0.3 is 16.2 Å². The molecule has 0 bridgehead atoms. The second-order valence-electron chi connectivity index (χ2n) is 2.65. The van der Waals surface area contributed by atoms with Gasteiger partial charge in [-0.3, -0.25) is 0 Å². The van der Waals surface area contributed by atoms with Crippen LogP contribution in [0.4, 0.5) is 0 Å². The van der Waals surface area contributed by atoms with Crippen LogP contribution in [0.5, 0.6) is 5.75 Å². The van der Waals surface area contributed by atoms with Gasteiger partial charge in [-0.2, -0.15) is 0 Å². The third-order valence-electron chi connectivity index (χ3n) is 1.45. The molecule has 1 rings (SSSR count). The van der Waals surface area contributed by atoms with Crippen molar-refractivity contribution in [3.8, 4) is 5.75 Å². The first-order valence-corrected chi connectivity index (χ1v) is 4.89. The first kappa shape index (κ1) is 11.5. The second-order valence-corrected chi connectivity index (χ2v) is 3.50. The van der Waals surface area contributed by atoms with Crippen LogP contribution in [0.2, 0.25) is 0 Å². The first-order valence-electron chi connectivity index (χ1n) is 4.10. The molecule has 0 aliphatic rings. The highest BCUT2D eigenvalue weighted by Crippen LogP contribution is 2.23. The zero-order valence-corrected chi connectivity index (χ0v) is 9.40. The van der Waals surface area contributed by atoms with Crippen molar-refractivity contribution in [2.45, 2.75) is 0 Å². The lowest BCUT2D eigenvalue weighted by Crippen LogP contribution is -2.25. The van der Waals surface area contributed by atoms with E-state index in [1.54, 1.807) is 18.2 Å². The maximum atomic E-state index is 11.2. The largest absolute Gasteiger partial charge is 0.424 e. The summed E-state index contributed by atoms with van der Waals surface area (Å²) in [5, 5.41) is 0. The average Bonchev–Trinajstić information content (AvgIpc) is 2.18. The fraction of sp³-hybridized carbons (Fsp3) is 0.111. The van der Waals surface area contributed by atoms with E-state index in [0.29, 0.717) is 10.2 Å². The van der Waals surface area contributed by atoms with Crippen LogP contribution in [0.15, 0.2) is 33.7 Å². The third-order valence-corrected chi connectivity index (χ3v) is 2.11. The Labute approximate surface area is 95.2 Å². The predicted octanol–water partition coefficient (Wildman–Crippen LogP) is 0.628. The van der Waals surface area contributed by atoms with Crippen LogP contribution in [0.3, 0.4) is 0 Å². The van der Waals surface area contributed by atoms with Gasteiger partial charge in [0, 0.05) is 0 Å². The van der Waals surface area contributed by atoms with Crippen molar-refractivity contribution in [3.05, 3.63) is 28.7 Å². The Bertz CT molecular complexity index is 389. The summed E-state index contributed by atoms with van der Waals surface area (Å²) in [6.45, 7) is -0.191. The highest BCUT2D eigenvalue weighted by atomic mass is 79.9. The Morgan fingerprint density at radius 2 is 2.07 bits per heavy atom. The van der Waals surface area contributed by atoms with E-state index in [2.05, 4.69) is 20.9 Å². The molecule has 0 radical (unpaired) electrons. The standard InChI is InChI=1S/C9H10BrN3O2/c10-6-3-1-2-4-7(6)15-8(14)5-13-9(11)12/h1-4H,5H2,(H4,11,12,13). The number of nitrogens with two attached hydrogens (primary N) is 2. The molecule has 0 heterocycles. The van der Waals surface area contributed by atoms with Gasteiger partial charge in [0.2, 0.25) is 0 Å². The summed E-state index contributed by atoms with van der Waals surface area (Å²) in [5.74, 6) is -0.220. The van der Waals surface area contributed by atoms with Gasteiger partial charge in [-0.1, -0.05) is 12.1 Å². The topological polar surface area (TPSA) is 90.7 Å². The molecule has 0 spiro atoms. The Kier molecular flexibility index (Phi) is 4.11. The molecule has 0 aliphatic carbocycles. The number of hydrogen-bond acceptors (Lipinski definition) is 3. The zero-order chi connectivity index (χ0) is 11.3.